The number of benzene rings is 1. The summed E-state index contributed by atoms with van der Waals surface area (Å²) in [6, 6.07) is 9.00. The quantitative estimate of drug-likeness (QED) is 0.657. The molecule has 2 heterocycles. The monoisotopic (exact) mass is 382 g/mol. The zero-order chi connectivity index (χ0) is 20.3. The molecule has 0 spiro atoms. The van der Waals surface area contributed by atoms with Gasteiger partial charge in [-0.2, -0.15) is 0 Å². The number of amides is 2. The van der Waals surface area contributed by atoms with Gasteiger partial charge in [0.2, 0.25) is 0 Å². The van der Waals surface area contributed by atoms with Gasteiger partial charge in [0.25, 0.3) is 17.5 Å². The molecule has 0 saturated heterocycles. The number of hydrogen-bond acceptors (Lipinski definition) is 6. The van der Waals surface area contributed by atoms with Crippen molar-refractivity contribution in [1.29, 1.82) is 0 Å². The molecule has 8 nitrogen and oxygen atoms in total. The lowest BCUT2D eigenvalue weighted by Crippen LogP contribution is -2.44. The van der Waals surface area contributed by atoms with Crippen molar-refractivity contribution in [1.82, 2.24) is 21.0 Å². The van der Waals surface area contributed by atoms with Crippen LogP contribution in [0.5, 0.6) is 5.75 Å². The number of hydrazine groups is 1. The second-order valence-electron chi connectivity index (χ2n) is 6.80. The molecule has 2 amide bonds. The van der Waals surface area contributed by atoms with Gasteiger partial charge in [0, 0.05) is 5.69 Å². The number of carbonyl (C=O) groups excluding carboxylic acids is 2. The number of pyridine rings is 1. The SMILES string of the molecule is Cc1ccc(OCC(=O)NNC(=O)c2cc(C(C)C)nc3onc(C)c23)cc1. The minimum Gasteiger partial charge on any atom is -0.484 e. The summed E-state index contributed by atoms with van der Waals surface area (Å²) in [6.07, 6.45) is 0. The fourth-order valence-corrected chi connectivity index (χ4v) is 2.60. The summed E-state index contributed by atoms with van der Waals surface area (Å²) in [5.41, 5.74) is 7.74. The minimum absolute atomic E-state index is 0.0962. The van der Waals surface area contributed by atoms with Crippen LogP contribution in [0.2, 0.25) is 0 Å². The van der Waals surface area contributed by atoms with Gasteiger partial charge in [-0.15, -0.1) is 0 Å². The molecule has 2 N–H and O–H groups in total. The topological polar surface area (TPSA) is 106 Å². The molecule has 0 saturated carbocycles. The van der Waals surface area contributed by atoms with Crippen LogP contribution in [0, 0.1) is 13.8 Å². The Labute approximate surface area is 162 Å². The lowest BCUT2D eigenvalue weighted by molar-refractivity contribution is -0.123. The Kier molecular flexibility index (Phi) is 5.58. The van der Waals surface area contributed by atoms with Crippen LogP contribution < -0.4 is 15.6 Å². The highest BCUT2D eigenvalue weighted by molar-refractivity contribution is 6.06. The van der Waals surface area contributed by atoms with Crippen molar-refractivity contribution in [2.24, 2.45) is 0 Å². The Morgan fingerprint density at radius 1 is 1.14 bits per heavy atom. The first-order valence-electron chi connectivity index (χ1n) is 8.90. The van der Waals surface area contributed by atoms with Crippen molar-refractivity contribution >= 4 is 22.9 Å². The number of aryl methyl sites for hydroxylation is 2. The first kappa shape index (κ1) is 19.3. The summed E-state index contributed by atoms with van der Waals surface area (Å²) in [4.78, 5) is 29.0. The Morgan fingerprint density at radius 2 is 1.86 bits per heavy atom. The van der Waals surface area contributed by atoms with Gasteiger partial charge in [-0.3, -0.25) is 20.4 Å². The molecule has 3 aromatic rings. The van der Waals surface area contributed by atoms with E-state index in [-0.39, 0.29) is 12.5 Å². The van der Waals surface area contributed by atoms with Crippen molar-refractivity contribution in [3.8, 4) is 5.75 Å². The zero-order valence-corrected chi connectivity index (χ0v) is 16.2. The van der Waals surface area contributed by atoms with E-state index in [4.69, 9.17) is 9.26 Å². The largest absolute Gasteiger partial charge is 0.484 e. The highest BCUT2D eigenvalue weighted by atomic mass is 16.5. The van der Waals surface area contributed by atoms with Gasteiger partial charge in [-0.05, 0) is 38.0 Å². The van der Waals surface area contributed by atoms with Crippen LogP contribution >= 0.6 is 0 Å². The predicted molar refractivity (Wildman–Crippen MR) is 103 cm³/mol. The van der Waals surface area contributed by atoms with E-state index in [0.29, 0.717) is 33.8 Å². The van der Waals surface area contributed by atoms with Gasteiger partial charge in [0.1, 0.15) is 5.75 Å². The molecule has 0 atom stereocenters. The summed E-state index contributed by atoms with van der Waals surface area (Å²) in [7, 11) is 0. The number of rotatable bonds is 5. The fourth-order valence-electron chi connectivity index (χ4n) is 2.60. The molecule has 28 heavy (non-hydrogen) atoms. The molecule has 0 aliphatic heterocycles. The van der Waals surface area contributed by atoms with Crippen molar-refractivity contribution in [2.75, 3.05) is 6.61 Å². The summed E-state index contributed by atoms with van der Waals surface area (Å²) in [5.74, 6) is -0.293. The zero-order valence-electron chi connectivity index (χ0n) is 16.2. The number of hydrogen-bond donors (Lipinski definition) is 2. The van der Waals surface area contributed by atoms with Crippen LogP contribution in [-0.4, -0.2) is 28.6 Å². The van der Waals surface area contributed by atoms with Gasteiger partial charge in [-0.25, -0.2) is 4.98 Å². The number of aromatic nitrogens is 2. The average Bonchev–Trinajstić information content (AvgIpc) is 3.06. The van der Waals surface area contributed by atoms with E-state index in [1.54, 1.807) is 25.1 Å². The third-order valence-electron chi connectivity index (χ3n) is 4.18. The van der Waals surface area contributed by atoms with E-state index < -0.39 is 11.8 Å². The molecule has 8 heteroatoms. The summed E-state index contributed by atoms with van der Waals surface area (Å²) >= 11 is 0. The number of nitrogens with zero attached hydrogens (tertiary/aromatic N) is 2. The van der Waals surface area contributed by atoms with Gasteiger partial charge in [0.05, 0.1) is 16.6 Å². The molecule has 0 unspecified atom stereocenters. The summed E-state index contributed by atoms with van der Waals surface area (Å²) in [6.45, 7) is 7.39. The molecular formula is C20H22N4O4. The molecule has 1 aromatic carbocycles. The van der Waals surface area contributed by atoms with Crippen molar-refractivity contribution < 1.29 is 18.8 Å². The molecule has 0 bridgehead atoms. The number of carbonyl (C=O) groups is 2. The van der Waals surface area contributed by atoms with Crippen LogP contribution in [0.25, 0.3) is 11.1 Å². The number of fused-ring (bicyclic) bond motifs is 1. The molecule has 0 aliphatic rings. The molecule has 146 valence electrons. The number of ether oxygens (including phenoxy) is 1. The van der Waals surface area contributed by atoms with Crippen molar-refractivity contribution in [2.45, 2.75) is 33.6 Å². The minimum atomic E-state index is -0.482. The fraction of sp³-hybridized carbons (Fsp3) is 0.300. The van der Waals surface area contributed by atoms with Crippen LogP contribution in [0.3, 0.4) is 0 Å². The van der Waals surface area contributed by atoms with Crippen molar-refractivity contribution in [3.63, 3.8) is 0 Å². The van der Waals surface area contributed by atoms with Gasteiger partial charge < -0.3 is 9.26 Å². The van der Waals surface area contributed by atoms with Gasteiger partial charge in [0.15, 0.2) is 6.61 Å². The molecule has 0 radical (unpaired) electrons. The third-order valence-corrected chi connectivity index (χ3v) is 4.18. The Morgan fingerprint density at radius 3 is 2.54 bits per heavy atom. The molecule has 0 aliphatic carbocycles. The molecular weight excluding hydrogens is 360 g/mol. The van der Waals surface area contributed by atoms with Crippen LogP contribution in [0.15, 0.2) is 34.9 Å². The predicted octanol–water partition coefficient (Wildman–Crippen LogP) is 2.80. The highest BCUT2D eigenvalue weighted by Gasteiger charge is 2.20. The van der Waals surface area contributed by atoms with Crippen molar-refractivity contribution in [3.05, 3.63) is 52.8 Å². The highest BCUT2D eigenvalue weighted by Crippen LogP contribution is 2.24. The second-order valence-corrected chi connectivity index (χ2v) is 6.80. The lowest BCUT2D eigenvalue weighted by atomic mass is 10.0. The van der Waals surface area contributed by atoms with Gasteiger partial charge >= 0.3 is 0 Å². The third kappa shape index (κ3) is 4.28. The van der Waals surface area contributed by atoms with E-state index in [0.717, 1.165) is 5.56 Å². The van der Waals surface area contributed by atoms with E-state index in [2.05, 4.69) is 21.0 Å². The first-order valence-corrected chi connectivity index (χ1v) is 8.90. The first-order chi connectivity index (χ1) is 13.3. The number of nitrogens with one attached hydrogen (secondary N) is 2. The lowest BCUT2D eigenvalue weighted by Gasteiger charge is -2.11. The maximum absolute atomic E-state index is 12.6. The summed E-state index contributed by atoms with van der Waals surface area (Å²) < 4.78 is 10.6. The normalized spacial score (nSPS) is 10.9. The second kappa shape index (κ2) is 8.08. The van der Waals surface area contributed by atoms with Crippen LogP contribution in [0.4, 0.5) is 0 Å². The van der Waals surface area contributed by atoms with Crippen LogP contribution in [-0.2, 0) is 4.79 Å². The maximum atomic E-state index is 12.6. The van der Waals surface area contributed by atoms with E-state index >= 15 is 0 Å². The van der Waals surface area contributed by atoms with Gasteiger partial charge in [-0.1, -0.05) is 36.7 Å². The molecule has 3 rings (SSSR count). The van der Waals surface area contributed by atoms with E-state index in [1.165, 1.54) is 0 Å². The molecule has 2 aromatic heterocycles. The Hall–Kier alpha value is -3.42. The standard InChI is InChI=1S/C20H22N4O4/c1-11(2)16-9-15(18-13(4)24-28-20(18)21-16)19(26)23-22-17(25)10-27-14-7-5-12(3)6-8-14/h5-9,11H,10H2,1-4H3,(H,22,25)(H,23,26). The Balaban J connectivity index is 1.66. The maximum Gasteiger partial charge on any atom is 0.276 e. The Bertz CT molecular complexity index is 1010. The average molecular weight is 382 g/mol. The van der Waals surface area contributed by atoms with Crippen LogP contribution in [0.1, 0.15) is 47.1 Å². The summed E-state index contributed by atoms with van der Waals surface area (Å²) in [5, 5.41) is 4.40. The van der Waals surface area contributed by atoms with E-state index in [9.17, 15) is 9.59 Å². The molecule has 0 fully saturated rings. The smallest absolute Gasteiger partial charge is 0.276 e. The van der Waals surface area contributed by atoms with E-state index in [1.807, 2.05) is 32.9 Å².